The van der Waals surface area contributed by atoms with Gasteiger partial charge in [0.15, 0.2) is 0 Å². The molecule has 0 unspecified atom stereocenters. The predicted octanol–water partition coefficient (Wildman–Crippen LogP) is 0.138. The minimum Gasteiger partial charge on any atom is -0.477 e. The van der Waals surface area contributed by atoms with Crippen LogP contribution >= 0.6 is 12.4 Å². The molecule has 0 spiro atoms. The fourth-order valence-corrected chi connectivity index (χ4v) is 1.59. The first-order valence-electron chi connectivity index (χ1n) is 4.88. The molecule has 1 aliphatic rings. The Morgan fingerprint density at radius 2 is 2.29 bits per heavy atom. The number of nitrogens with one attached hydrogen (secondary N) is 1. The van der Waals surface area contributed by atoms with E-state index < -0.39 is 5.97 Å². The number of halogens is 1. The molecule has 0 aliphatic carbocycles. The van der Waals surface area contributed by atoms with Gasteiger partial charge in [0, 0.05) is 25.0 Å². The van der Waals surface area contributed by atoms with Gasteiger partial charge in [0.25, 0.3) is 0 Å². The molecule has 92 valence electrons. The lowest BCUT2D eigenvalue weighted by Gasteiger charge is -2.28. The topological polar surface area (TPSA) is 82.5 Å². The van der Waals surface area contributed by atoms with Crippen LogP contribution in [0.1, 0.15) is 10.5 Å². The van der Waals surface area contributed by atoms with Crippen molar-refractivity contribution < 1.29 is 14.7 Å². The lowest BCUT2D eigenvalue weighted by atomic mass is 10.2. The molecule has 1 saturated heterocycles. The van der Waals surface area contributed by atoms with E-state index in [1.807, 2.05) is 4.90 Å². The van der Waals surface area contributed by atoms with Crippen LogP contribution in [0.25, 0.3) is 0 Å². The van der Waals surface area contributed by atoms with E-state index >= 15 is 0 Å². The van der Waals surface area contributed by atoms with E-state index in [1.165, 1.54) is 12.3 Å². The summed E-state index contributed by atoms with van der Waals surface area (Å²) >= 11 is 0. The lowest BCUT2D eigenvalue weighted by Crippen LogP contribution is -2.47. The smallest absolute Gasteiger partial charge is 0.354 e. The Labute approximate surface area is 104 Å². The van der Waals surface area contributed by atoms with Crippen molar-refractivity contribution in [3.8, 4) is 0 Å². The standard InChI is InChI=1S/C10H11N3O3.ClH/c14-9-6-13(4-3-12-9)7-1-2-11-8(5-7)10(15)16;/h1-2,5H,3-4,6H2,(H,12,14)(H,15,16);1H. The van der Waals surface area contributed by atoms with Gasteiger partial charge >= 0.3 is 5.97 Å². The van der Waals surface area contributed by atoms with Gasteiger partial charge < -0.3 is 15.3 Å². The van der Waals surface area contributed by atoms with Crippen molar-refractivity contribution in [1.82, 2.24) is 10.3 Å². The van der Waals surface area contributed by atoms with Gasteiger partial charge in [-0.15, -0.1) is 12.4 Å². The van der Waals surface area contributed by atoms with Crippen molar-refractivity contribution in [3.05, 3.63) is 24.0 Å². The molecule has 0 bridgehead atoms. The zero-order valence-electron chi connectivity index (χ0n) is 8.92. The van der Waals surface area contributed by atoms with Gasteiger partial charge in [0.2, 0.25) is 5.91 Å². The number of amides is 1. The molecule has 0 atom stereocenters. The van der Waals surface area contributed by atoms with Crippen molar-refractivity contribution in [2.75, 3.05) is 24.5 Å². The number of aromatic nitrogens is 1. The third-order valence-corrected chi connectivity index (χ3v) is 2.37. The number of pyridine rings is 1. The maximum Gasteiger partial charge on any atom is 0.354 e. The highest BCUT2D eigenvalue weighted by molar-refractivity contribution is 5.87. The van der Waals surface area contributed by atoms with E-state index in [0.717, 1.165) is 0 Å². The van der Waals surface area contributed by atoms with Gasteiger partial charge in [-0.25, -0.2) is 9.78 Å². The maximum absolute atomic E-state index is 11.2. The summed E-state index contributed by atoms with van der Waals surface area (Å²) in [5, 5.41) is 11.5. The van der Waals surface area contributed by atoms with Crippen LogP contribution in [-0.4, -0.2) is 41.6 Å². The molecule has 2 N–H and O–H groups in total. The Kier molecular flexibility index (Phi) is 4.28. The third-order valence-electron chi connectivity index (χ3n) is 2.37. The second-order valence-electron chi connectivity index (χ2n) is 3.48. The van der Waals surface area contributed by atoms with Crippen LogP contribution in [-0.2, 0) is 4.79 Å². The molecule has 2 heterocycles. The van der Waals surface area contributed by atoms with Gasteiger partial charge in [-0.1, -0.05) is 0 Å². The summed E-state index contributed by atoms with van der Waals surface area (Å²) in [5.74, 6) is -1.12. The fraction of sp³-hybridized carbons (Fsp3) is 0.300. The summed E-state index contributed by atoms with van der Waals surface area (Å²) in [4.78, 5) is 27.5. The van der Waals surface area contributed by atoms with Crippen LogP contribution in [0, 0.1) is 0 Å². The van der Waals surface area contributed by atoms with Gasteiger partial charge in [0.1, 0.15) is 5.69 Å². The van der Waals surface area contributed by atoms with E-state index in [1.54, 1.807) is 6.07 Å². The Bertz CT molecular complexity index is 439. The molecule has 1 aromatic rings. The molecule has 1 fully saturated rings. The van der Waals surface area contributed by atoms with Gasteiger partial charge in [0.05, 0.1) is 6.54 Å². The second-order valence-corrected chi connectivity index (χ2v) is 3.48. The molecule has 1 aromatic heterocycles. The molecular formula is C10H12ClN3O3. The first-order chi connectivity index (χ1) is 7.66. The number of rotatable bonds is 2. The van der Waals surface area contributed by atoms with Gasteiger partial charge in [-0.2, -0.15) is 0 Å². The maximum atomic E-state index is 11.2. The second kappa shape index (κ2) is 5.49. The zero-order chi connectivity index (χ0) is 11.5. The highest BCUT2D eigenvalue weighted by Crippen LogP contribution is 2.15. The number of carboxylic acids is 1. The van der Waals surface area contributed by atoms with E-state index in [4.69, 9.17) is 5.11 Å². The van der Waals surface area contributed by atoms with Crippen molar-refractivity contribution in [2.45, 2.75) is 0 Å². The van der Waals surface area contributed by atoms with Crippen LogP contribution in [0.3, 0.4) is 0 Å². The molecule has 0 radical (unpaired) electrons. The van der Waals surface area contributed by atoms with E-state index in [9.17, 15) is 9.59 Å². The molecule has 0 saturated carbocycles. The summed E-state index contributed by atoms with van der Waals surface area (Å²) in [6, 6.07) is 3.17. The predicted molar refractivity (Wildman–Crippen MR) is 63.7 cm³/mol. The molecule has 1 amide bonds. The minimum absolute atomic E-state index is 0. The van der Waals surface area contributed by atoms with Crippen LogP contribution in [0.15, 0.2) is 18.3 Å². The minimum atomic E-state index is -1.07. The number of hydrogen-bond donors (Lipinski definition) is 2. The Morgan fingerprint density at radius 3 is 2.94 bits per heavy atom. The van der Waals surface area contributed by atoms with Crippen molar-refractivity contribution >= 4 is 30.0 Å². The molecule has 17 heavy (non-hydrogen) atoms. The Hall–Kier alpha value is -1.82. The molecule has 1 aliphatic heterocycles. The molecule has 6 nitrogen and oxygen atoms in total. The quantitative estimate of drug-likeness (QED) is 0.787. The van der Waals surface area contributed by atoms with Gasteiger partial charge in [-0.3, -0.25) is 4.79 Å². The number of piperazine rings is 1. The molecule has 2 rings (SSSR count). The monoisotopic (exact) mass is 257 g/mol. The summed E-state index contributed by atoms with van der Waals surface area (Å²) < 4.78 is 0. The lowest BCUT2D eigenvalue weighted by molar-refractivity contribution is -0.120. The highest BCUT2D eigenvalue weighted by atomic mass is 35.5. The van der Waals surface area contributed by atoms with Crippen LogP contribution in [0.4, 0.5) is 5.69 Å². The van der Waals surface area contributed by atoms with E-state index in [2.05, 4.69) is 10.3 Å². The van der Waals surface area contributed by atoms with Crippen LogP contribution in [0.5, 0.6) is 0 Å². The van der Waals surface area contributed by atoms with Crippen LogP contribution in [0.2, 0.25) is 0 Å². The number of nitrogens with zero attached hydrogens (tertiary/aromatic N) is 2. The summed E-state index contributed by atoms with van der Waals surface area (Å²) in [6.45, 7) is 1.50. The average molecular weight is 258 g/mol. The third kappa shape index (κ3) is 3.07. The highest BCUT2D eigenvalue weighted by Gasteiger charge is 2.17. The summed E-state index contributed by atoms with van der Waals surface area (Å²) in [6.07, 6.45) is 1.44. The Morgan fingerprint density at radius 1 is 1.53 bits per heavy atom. The molecule has 7 heteroatoms. The van der Waals surface area contributed by atoms with Crippen molar-refractivity contribution in [3.63, 3.8) is 0 Å². The van der Waals surface area contributed by atoms with E-state index in [0.29, 0.717) is 18.8 Å². The summed E-state index contributed by atoms with van der Waals surface area (Å²) in [5.41, 5.74) is 0.700. The Balaban J connectivity index is 0.00000144. The normalized spacial score (nSPS) is 14.8. The number of aromatic carboxylic acids is 1. The zero-order valence-corrected chi connectivity index (χ0v) is 9.74. The number of anilines is 1. The number of carbonyl (C=O) groups excluding carboxylic acids is 1. The SMILES string of the molecule is Cl.O=C1CN(c2ccnc(C(=O)O)c2)CCN1. The first-order valence-corrected chi connectivity index (χ1v) is 4.88. The number of hydrogen-bond acceptors (Lipinski definition) is 4. The van der Waals surface area contributed by atoms with E-state index in [-0.39, 0.29) is 30.6 Å². The van der Waals surface area contributed by atoms with Crippen molar-refractivity contribution in [1.29, 1.82) is 0 Å². The first kappa shape index (κ1) is 13.2. The summed E-state index contributed by atoms with van der Waals surface area (Å²) in [7, 11) is 0. The molecule has 0 aromatic carbocycles. The fourth-order valence-electron chi connectivity index (χ4n) is 1.59. The number of carbonyl (C=O) groups is 2. The largest absolute Gasteiger partial charge is 0.477 e. The molecular weight excluding hydrogens is 246 g/mol. The van der Waals surface area contributed by atoms with Crippen molar-refractivity contribution in [2.24, 2.45) is 0 Å². The van der Waals surface area contributed by atoms with Gasteiger partial charge in [-0.05, 0) is 12.1 Å². The van der Waals surface area contributed by atoms with Crippen LogP contribution < -0.4 is 10.2 Å². The average Bonchev–Trinajstić information content (AvgIpc) is 2.29. The number of carboxylic acid groups (broad SMARTS) is 1.